The van der Waals surface area contributed by atoms with Gasteiger partial charge in [0.2, 0.25) is 0 Å². The minimum atomic E-state index is -0.633. The number of nitrogens with two attached hydrogens (primary N) is 1. The number of piperazine rings is 1. The SMILES string of the molecule is CC(=O)O[C@@H]1C[C@@]23COC[C@](C)([C@@H]2CC[C@H]2C3=CC[C@@]3(C)[C@H](C(=O)O)[C@@](C)([C@H](C)C(C)C)CC[C@]23C)[C@H]1OCCN1CCN(CCCN)CC1. The molecule has 0 amide bonds. The zero-order valence-electron chi connectivity index (χ0n) is 32.6. The predicted octanol–water partition coefficient (Wildman–Crippen LogP) is 5.86. The van der Waals surface area contributed by atoms with Crippen LogP contribution in [-0.2, 0) is 23.8 Å². The third-order valence-electron chi connectivity index (χ3n) is 16.2. The van der Waals surface area contributed by atoms with Gasteiger partial charge in [0.25, 0.3) is 0 Å². The second-order valence-electron chi connectivity index (χ2n) is 18.8. The van der Waals surface area contributed by atoms with Crippen molar-refractivity contribution in [2.45, 2.75) is 113 Å². The molecule has 0 spiro atoms. The molecular formula is C41H69N3O6. The molecule has 0 aromatic heterocycles. The Morgan fingerprint density at radius 2 is 1.68 bits per heavy atom. The third-order valence-corrected chi connectivity index (χ3v) is 16.2. The van der Waals surface area contributed by atoms with Gasteiger partial charge in [0, 0.05) is 50.5 Å². The molecule has 0 unspecified atom stereocenters. The maximum Gasteiger partial charge on any atom is 0.307 e. The summed E-state index contributed by atoms with van der Waals surface area (Å²) in [6.07, 6.45) is 8.47. The normalized spacial score (nSPS) is 44.0. The second kappa shape index (κ2) is 14.0. The Morgan fingerprint density at radius 1 is 1.00 bits per heavy atom. The van der Waals surface area contributed by atoms with Crippen molar-refractivity contribution < 1.29 is 28.9 Å². The summed E-state index contributed by atoms with van der Waals surface area (Å²) >= 11 is 0. The maximum absolute atomic E-state index is 13.4. The minimum absolute atomic E-state index is 0.150. The fourth-order valence-corrected chi connectivity index (χ4v) is 13.1. The van der Waals surface area contributed by atoms with Gasteiger partial charge in [0.05, 0.1) is 25.7 Å². The number of aliphatic carboxylic acids is 1. The quantitative estimate of drug-likeness (QED) is 0.202. The third kappa shape index (κ3) is 6.01. The van der Waals surface area contributed by atoms with Crippen LogP contribution in [0.25, 0.3) is 0 Å². The molecule has 5 fully saturated rings. The van der Waals surface area contributed by atoms with Crippen LogP contribution < -0.4 is 5.73 Å². The van der Waals surface area contributed by atoms with Crippen LogP contribution in [0.3, 0.4) is 0 Å². The molecule has 2 saturated heterocycles. The van der Waals surface area contributed by atoms with Crippen LogP contribution in [0.1, 0.15) is 100 Å². The zero-order chi connectivity index (χ0) is 36.3. The van der Waals surface area contributed by atoms with Crippen LogP contribution in [0.2, 0.25) is 0 Å². The number of allylic oxidation sites excluding steroid dienone is 1. The Balaban J connectivity index is 1.27. The van der Waals surface area contributed by atoms with Crippen molar-refractivity contribution in [3.05, 3.63) is 11.6 Å². The van der Waals surface area contributed by atoms with Gasteiger partial charge < -0.3 is 30.0 Å². The standard InChI is InChI=1S/C41H69N3O6/c1-27(2)28(3)37(5)14-15-39(7)30-10-11-33-38(6)25-48-26-41(33,31(30)12-13-40(39,8)34(37)36(46)47)24-32(50-29(4)45)35(38)49-23-22-44-20-18-43(19-21-44)17-9-16-42/h12,27-28,30,32-35H,9-11,13-26,42H2,1-8H3,(H,46,47)/t28-,30+,32-,33+,34-,35+,37-,38-,39-,40+,41+/m1/s1. The lowest BCUT2D eigenvalue weighted by atomic mass is 9.34. The molecule has 2 heterocycles. The van der Waals surface area contributed by atoms with Crippen molar-refractivity contribution in [2.75, 3.05) is 65.6 Å². The van der Waals surface area contributed by atoms with E-state index in [9.17, 15) is 14.7 Å². The average molecular weight is 700 g/mol. The van der Waals surface area contributed by atoms with Crippen LogP contribution in [0.4, 0.5) is 0 Å². The molecule has 2 aliphatic heterocycles. The second-order valence-corrected chi connectivity index (χ2v) is 18.8. The first-order chi connectivity index (χ1) is 23.6. The molecule has 9 nitrogen and oxygen atoms in total. The van der Waals surface area contributed by atoms with E-state index in [1.165, 1.54) is 12.5 Å². The van der Waals surface area contributed by atoms with Gasteiger partial charge in [-0.3, -0.25) is 14.5 Å². The van der Waals surface area contributed by atoms with E-state index >= 15 is 0 Å². The number of hydrogen-bond acceptors (Lipinski definition) is 8. The smallest absolute Gasteiger partial charge is 0.307 e. The van der Waals surface area contributed by atoms with Crippen molar-refractivity contribution in [1.29, 1.82) is 0 Å². The molecule has 3 N–H and O–H groups in total. The number of nitrogens with zero attached hydrogens (tertiary/aromatic N) is 2. The predicted molar refractivity (Wildman–Crippen MR) is 195 cm³/mol. The lowest BCUT2D eigenvalue weighted by molar-refractivity contribution is -0.267. The fourth-order valence-electron chi connectivity index (χ4n) is 13.1. The van der Waals surface area contributed by atoms with E-state index < -0.39 is 11.9 Å². The number of rotatable bonds is 11. The highest BCUT2D eigenvalue weighted by molar-refractivity contribution is 5.73. The lowest BCUT2D eigenvalue weighted by Crippen LogP contribution is -2.70. The summed E-state index contributed by atoms with van der Waals surface area (Å²) in [4.78, 5) is 31.1. The molecule has 11 atom stereocenters. The minimum Gasteiger partial charge on any atom is -0.481 e. The first kappa shape index (κ1) is 38.2. The van der Waals surface area contributed by atoms with Crippen molar-refractivity contribution in [2.24, 2.45) is 62.4 Å². The summed E-state index contributed by atoms with van der Waals surface area (Å²) < 4.78 is 19.8. The molecule has 6 aliphatic rings. The number of carboxylic acid groups (broad SMARTS) is 1. The largest absolute Gasteiger partial charge is 0.481 e. The van der Waals surface area contributed by atoms with E-state index in [1.807, 2.05) is 0 Å². The number of carboxylic acids is 1. The Kier molecular flexibility index (Phi) is 10.7. The van der Waals surface area contributed by atoms with E-state index in [0.29, 0.717) is 44.0 Å². The summed E-state index contributed by atoms with van der Waals surface area (Å²) in [5.74, 6) is 0.0568. The summed E-state index contributed by atoms with van der Waals surface area (Å²) in [6, 6.07) is 0. The van der Waals surface area contributed by atoms with E-state index in [0.717, 1.165) is 84.3 Å². The molecular weight excluding hydrogens is 630 g/mol. The van der Waals surface area contributed by atoms with Gasteiger partial charge in [0.1, 0.15) is 12.2 Å². The van der Waals surface area contributed by atoms with Gasteiger partial charge in [-0.25, -0.2) is 0 Å². The Hall–Kier alpha value is -1.52. The highest BCUT2D eigenvalue weighted by Gasteiger charge is 2.72. The fraction of sp³-hybridized carbons (Fsp3) is 0.902. The number of hydrogen-bond donors (Lipinski definition) is 2. The maximum atomic E-state index is 13.4. The molecule has 2 bridgehead atoms. The summed E-state index contributed by atoms with van der Waals surface area (Å²) in [5.41, 5.74) is 5.87. The number of carbonyl (C=O) groups is 2. The molecule has 9 heteroatoms. The zero-order valence-corrected chi connectivity index (χ0v) is 32.6. The molecule has 50 heavy (non-hydrogen) atoms. The summed E-state index contributed by atoms with van der Waals surface area (Å²) in [5, 5.41) is 11.0. The number of fused-ring (bicyclic) bond motifs is 3. The van der Waals surface area contributed by atoms with Gasteiger partial charge in [-0.15, -0.1) is 0 Å². The Morgan fingerprint density at radius 3 is 2.30 bits per heavy atom. The van der Waals surface area contributed by atoms with E-state index in [2.05, 4.69) is 64.3 Å². The van der Waals surface area contributed by atoms with Crippen molar-refractivity contribution in [1.82, 2.24) is 9.80 Å². The summed E-state index contributed by atoms with van der Waals surface area (Å²) in [6.45, 7) is 26.3. The van der Waals surface area contributed by atoms with Gasteiger partial charge >= 0.3 is 11.9 Å². The average Bonchev–Trinajstić information content (AvgIpc) is 3.05. The monoisotopic (exact) mass is 700 g/mol. The Labute approximate surface area is 302 Å². The number of esters is 1. The van der Waals surface area contributed by atoms with E-state index in [4.69, 9.17) is 19.9 Å². The highest BCUT2D eigenvalue weighted by atomic mass is 16.6. The highest BCUT2D eigenvalue weighted by Crippen LogP contribution is 2.75. The van der Waals surface area contributed by atoms with Gasteiger partial charge in [-0.05, 0) is 98.0 Å². The first-order valence-electron chi connectivity index (χ1n) is 20.0. The number of carbonyl (C=O) groups excluding carboxylic acids is 1. The Bertz CT molecular complexity index is 1300. The molecule has 3 saturated carbocycles. The van der Waals surface area contributed by atoms with Gasteiger partial charge in [-0.2, -0.15) is 0 Å². The number of ether oxygens (including phenoxy) is 3. The van der Waals surface area contributed by atoms with Gasteiger partial charge in [-0.1, -0.05) is 60.1 Å². The molecule has 284 valence electrons. The van der Waals surface area contributed by atoms with Crippen LogP contribution in [0.15, 0.2) is 11.6 Å². The summed E-state index contributed by atoms with van der Waals surface area (Å²) in [7, 11) is 0. The van der Waals surface area contributed by atoms with Crippen molar-refractivity contribution in [3.8, 4) is 0 Å². The van der Waals surface area contributed by atoms with Crippen LogP contribution in [0, 0.1) is 56.7 Å². The molecule has 0 aromatic rings. The van der Waals surface area contributed by atoms with Crippen molar-refractivity contribution >= 4 is 11.9 Å². The molecule has 0 aromatic carbocycles. The molecule has 4 aliphatic carbocycles. The van der Waals surface area contributed by atoms with E-state index in [-0.39, 0.29) is 51.2 Å². The van der Waals surface area contributed by atoms with Crippen molar-refractivity contribution in [3.63, 3.8) is 0 Å². The topological polar surface area (TPSA) is 115 Å². The molecule has 0 radical (unpaired) electrons. The first-order valence-corrected chi connectivity index (χ1v) is 20.0. The van der Waals surface area contributed by atoms with Gasteiger partial charge in [0.15, 0.2) is 0 Å². The van der Waals surface area contributed by atoms with Crippen LogP contribution in [0.5, 0.6) is 0 Å². The van der Waals surface area contributed by atoms with Crippen LogP contribution in [-0.4, -0.2) is 105 Å². The van der Waals surface area contributed by atoms with Crippen LogP contribution >= 0.6 is 0 Å². The molecule has 6 rings (SSSR count). The van der Waals surface area contributed by atoms with E-state index in [1.54, 1.807) is 0 Å². The lowest BCUT2D eigenvalue weighted by Gasteiger charge is -2.71.